The van der Waals surface area contributed by atoms with Crippen LogP contribution in [0.2, 0.25) is 5.02 Å². The maximum atomic E-state index is 13.9. The van der Waals surface area contributed by atoms with Gasteiger partial charge in [0.25, 0.3) is 0 Å². The summed E-state index contributed by atoms with van der Waals surface area (Å²) >= 11 is 5.99. The summed E-state index contributed by atoms with van der Waals surface area (Å²) in [7, 11) is -1.89. The number of nitrogens with one attached hydrogen (secondary N) is 1. The van der Waals surface area contributed by atoms with Crippen LogP contribution in [0.5, 0.6) is 0 Å². The highest BCUT2D eigenvalue weighted by Gasteiger charge is 2.32. The molecule has 0 aliphatic heterocycles. The second-order valence-corrected chi connectivity index (χ2v) is 8.05. The van der Waals surface area contributed by atoms with Gasteiger partial charge in [0.1, 0.15) is 5.82 Å². The summed E-state index contributed by atoms with van der Waals surface area (Å²) in [5.74, 6) is -0.509. The van der Waals surface area contributed by atoms with E-state index in [1.165, 1.54) is 12.1 Å². The van der Waals surface area contributed by atoms with Crippen LogP contribution in [0.3, 0.4) is 0 Å². The number of hydrogen-bond donors (Lipinski definition) is 1. The lowest BCUT2D eigenvalue weighted by molar-refractivity contribution is 0.0716. The number of sulfonamides is 1. The van der Waals surface area contributed by atoms with E-state index in [-0.39, 0.29) is 16.7 Å². The van der Waals surface area contributed by atoms with Gasteiger partial charge in [-0.15, -0.1) is 0 Å². The second-order valence-electron chi connectivity index (χ2n) is 5.65. The average Bonchev–Trinajstić information content (AvgIpc) is 2.46. The minimum Gasteiger partial charge on any atom is -0.381 e. The topological polar surface area (TPSA) is 55.4 Å². The summed E-state index contributed by atoms with van der Waals surface area (Å²) in [5.41, 5.74) is 0.179. The molecule has 0 aromatic heterocycles. The van der Waals surface area contributed by atoms with E-state index in [0.29, 0.717) is 12.8 Å². The van der Waals surface area contributed by atoms with E-state index in [1.807, 2.05) is 0 Å². The highest BCUT2D eigenvalue weighted by molar-refractivity contribution is 7.90. The summed E-state index contributed by atoms with van der Waals surface area (Å²) in [6.45, 7) is 1.60. The van der Waals surface area contributed by atoms with Gasteiger partial charge < -0.3 is 4.74 Å². The third-order valence-corrected chi connectivity index (χ3v) is 6.53. The Morgan fingerprint density at radius 2 is 1.95 bits per heavy atom. The molecule has 1 aromatic rings. The van der Waals surface area contributed by atoms with Crippen molar-refractivity contribution in [3.63, 3.8) is 0 Å². The maximum absolute atomic E-state index is 13.9. The van der Waals surface area contributed by atoms with Crippen molar-refractivity contribution in [3.8, 4) is 0 Å². The number of rotatable bonds is 5. The molecule has 0 amide bonds. The molecule has 0 bridgehead atoms. The first-order valence-corrected chi connectivity index (χ1v) is 9.25. The predicted molar refractivity (Wildman–Crippen MR) is 84.9 cm³/mol. The summed E-state index contributed by atoms with van der Waals surface area (Å²) < 4.78 is 46.6. The molecule has 1 unspecified atom stereocenters. The molecule has 1 aromatic carbocycles. The molecule has 0 saturated heterocycles. The van der Waals surface area contributed by atoms with E-state index in [0.717, 1.165) is 12.8 Å². The van der Waals surface area contributed by atoms with Crippen LogP contribution < -0.4 is 4.72 Å². The van der Waals surface area contributed by atoms with Crippen LogP contribution in [0.4, 0.5) is 4.39 Å². The normalized spacial score (nSPS) is 24.2. The van der Waals surface area contributed by atoms with E-state index >= 15 is 0 Å². The molecule has 0 heterocycles. The molecule has 0 radical (unpaired) electrons. The van der Waals surface area contributed by atoms with Crippen LogP contribution in [0.25, 0.3) is 0 Å². The van der Waals surface area contributed by atoms with Gasteiger partial charge in [-0.05, 0) is 44.7 Å². The molecule has 1 aliphatic rings. The second kappa shape index (κ2) is 7.25. The van der Waals surface area contributed by atoms with Crippen molar-refractivity contribution >= 4 is 21.6 Å². The van der Waals surface area contributed by atoms with Crippen molar-refractivity contribution in [3.05, 3.63) is 34.6 Å². The molecule has 22 heavy (non-hydrogen) atoms. The number of methoxy groups -OCH3 is 1. The number of ether oxygens (including phenoxy) is 1. The molecule has 1 N–H and O–H groups in total. The molecular formula is C15H21ClFNO3S. The van der Waals surface area contributed by atoms with Crippen molar-refractivity contribution in [1.82, 2.24) is 4.72 Å². The lowest BCUT2D eigenvalue weighted by Gasteiger charge is -2.28. The fraction of sp³-hybridized carbons (Fsp3) is 0.600. The van der Waals surface area contributed by atoms with E-state index in [4.69, 9.17) is 16.3 Å². The van der Waals surface area contributed by atoms with Crippen molar-refractivity contribution in [2.75, 3.05) is 7.11 Å². The van der Waals surface area contributed by atoms with Crippen LogP contribution in [-0.2, 0) is 14.8 Å². The quantitative estimate of drug-likeness (QED) is 0.886. The Balaban J connectivity index is 2.09. The third kappa shape index (κ3) is 3.98. The van der Waals surface area contributed by atoms with Crippen molar-refractivity contribution in [2.45, 2.75) is 50.0 Å². The largest absolute Gasteiger partial charge is 0.381 e. The van der Waals surface area contributed by atoms with Crippen molar-refractivity contribution < 1.29 is 17.5 Å². The number of hydrogen-bond acceptors (Lipinski definition) is 3. The van der Waals surface area contributed by atoms with Crippen LogP contribution in [0, 0.1) is 5.82 Å². The Labute approximate surface area is 136 Å². The molecule has 0 spiro atoms. The first-order valence-electron chi connectivity index (χ1n) is 7.33. The van der Waals surface area contributed by atoms with Gasteiger partial charge in [0, 0.05) is 23.7 Å². The third-order valence-electron chi connectivity index (χ3n) is 4.17. The molecule has 1 fully saturated rings. The fourth-order valence-electron chi connectivity index (χ4n) is 2.90. The van der Waals surface area contributed by atoms with Crippen molar-refractivity contribution in [2.24, 2.45) is 0 Å². The first kappa shape index (κ1) is 17.7. The Bertz CT molecular complexity index is 595. The zero-order valence-corrected chi connectivity index (χ0v) is 14.3. The number of halogens is 2. The molecule has 1 saturated carbocycles. The monoisotopic (exact) mass is 349 g/mol. The van der Waals surface area contributed by atoms with Gasteiger partial charge in [-0.3, -0.25) is 0 Å². The Hall–Kier alpha value is -0.690. The fourth-order valence-corrected chi connectivity index (χ4v) is 4.93. The maximum Gasteiger partial charge on any atom is 0.215 e. The van der Waals surface area contributed by atoms with Crippen molar-refractivity contribution in [1.29, 1.82) is 0 Å². The van der Waals surface area contributed by atoms with E-state index in [2.05, 4.69) is 4.72 Å². The zero-order valence-electron chi connectivity index (χ0n) is 12.7. The van der Waals surface area contributed by atoms with Crippen LogP contribution in [-0.4, -0.2) is 26.9 Å². The zero-order chi connectivity index (χ0) is 16.3. The van der Waals surface area contributed by atoms with Gasteiger partial charge >= 0.3 is 0 Å². The van der Waals surface area contributed by atoms with Gasteiger partial charge in [-0.1, -0.05) is 17.7 Å². The van der Waals surface area contributed by atoms with E-state index in [9.17, 15) is 12.8 Å². The molecular weight excluding hydrogens is 329 g/mol. The van der Waals surface area contributed by atoms with Crippen LogP contribution in [0.15, 0.2) is 18.2 Å². The lowest BCUT2D eigenvalue weighted by Crippen LogP contribution is -2.39. The number of benzene rings is 1. The average molecular weight is 350 g/mol. The Kier molecular flexibility index (Phi) is 5.82. The molecule has 2 rings (SSSR count). The van der Waals surface area contributed by atoms with Gasteiger partial charge in [-0.25, -0.2) is 17.5 Å². The molecule has 7 heteroatoms. The van der Waals surface area contributed by atoms with E-state index in [1.54, 1.807) is 20.1 Å². The first-order chi connectivity index (χ1) is 10.3. The van der Waals surface area contributed by atoms with Crippen LogP contribution in [0.1, 0.15) is 44.2 Å². The minimum atomic E-state index is -3.53. The van der Waals surface area contributed by atoms with Gasteiger partial charge in [0.15, 0.2) is 0 Å². The molecule has 124 valence electrons. The highest BCUT2D eigenvalue weighted by Crippen LogP contribution is 2.29. The summed E-state index contributed by atoms with van der Waals surface area (Å²) in [6.07, 6.45) is 2.66. The SMILES string of the molecule is COC1CCC(S(=O)(=O)NC(C)c2c(F)cccc2Cl)CC1. The Morgan fingerprint density at radius 1 is 1.32 bits per heavy atom. The minimum absolute atomic E-state index is 0.130. The standard InChI is InChI=1S/C15H21ClFNO3S/c1-10(15-13(16)4-3-5-14(15)17)18-22(19,20)12-8-6-11(21-2)7-9-12/h3-5,10-12,18H,6-9H2,1-2H3. The summed E-state index contributed by atoms with van der Waals surface area (Å²) in [5, 5.41) is -0.245. The highest BCUT2D eigenvalue weighted by atomic mass is 35.5. The van der Waals surface area contributed by atoms with E-state index < -0.39 is 27.1 Å². The van der Waals surface area contributed by atoms with Crippen LogP contribution >= 0.6 is 11.6 Å². The Morgan fingerprint density at radius 3 is 2.50 bits per heavy atom. The van der Waals surface area contributed by atoms with Gasteiger partial charge in [-0.2, -0.15) is 0 Å². The summed E-state index contributed by atoms with van der Waals surface area (Å²) in [4.78, 5) is 0. The smallest absolute Gasteiger partial charge is 0.215 e. The van der Waals surface area contributed by atoms with Gasteiger partial charge in [0.2, 0.25) is 10.0 Å². The predicted octanol–water partition coefficient (Wildman–Crippen LogP) is 3.42. The van der Waals surface area contributed by atoms with Gasteiger partial charge in [0.05, 0.1) is 11.4 Å². The molecule has 1 atom stereocenters. The lowest BCUT2D eigenvalue weighted by atomic mass is 9.97. The molecule has 1 aliphatic carbocycles. The molecule has 4 nitrogen and oxygen atoms in total. The summed E-state index contributed by atoms with van der Waals surface area (Å²) in [6, 6.07) is 3.61.